The van der Waals surface area contributed by atoms with Gasteiger partial charge in [0.05, 0.1) is 46.7 Å². The summed E-state index contributed by atoms with van der Waals surface area (Å²) >= 11 is 5.49. The summed E-state index contributed by atoms with van der Waals surface area (Å²) in [6.45, 7) is 2.09. The zero-order valence-electron chi connectivity index (χ0n) is 37.5. The van der Waals surface area contributed by atoms with E-state index in [1.165, 1.54) is 0 Å². The second-order valence-electron chi connectivity index (χ2n) is 17.9. The number of aryl methyl sites for hydroxylation is 1. The highest BCUT2D eigenvalue weighted by Crippen LogP contribution is 2.47. The molecule has 6 heterocycles. The van der Waals surface area contributed by atoms with Gasteiger partial charge in [0.25, 0.3) is 0 Å². The number of pyridine rings is 1. The number of amides is 6. The van der Waals surface area contributed by atoms with E-state index in [1.807, 2.05) is 54.0 Å². The fraction of sp³-hybridized carbons (Fsp3) is 0.531. The van der Waals surface area contributed by atoms with E-state index in [4.69, 9.17) is 0 Å². The molecule has 0 aliphatic carbocycles. The molecule has 352 valence electrons. The topological polar surface area (TPSA) is 182 Å². The van der Waals surface area contributed by atoms with E-state index in [0.717, 1.165) is 82.1 Å². The predicted octanol–water partition coefficient (Wildman–Crippen LogP) is 6.20. The standard InChI is InChI=1S/C49H62N8O6S3/c58-33(11-9-24-50-43(60)19-7-5-17-41-46-36(30-64-41)52-48(62)54-46)22-27-56-26-21-32(35-13-1-2-14-38(35)56)29-45-57(39-15-3-4-16-40(39)66-45)28-23-34(59)12-10-25-51-44(61)20-8-6-18-42-47-37(31-65-42)53-49(63)55-47/h1-4,13-16,21,26,29,36-37,41-42,46-47H,5-12,17-20,22-25,27-28,30-31H2,(H5-,50,51,52,53,54,55,60,61,62,63)/p+1. The highest BCUT2D eigenvalue weighted by Gasteiger charge is 2.43. The molecular formula is C49H63N8O6S3+. The van der Waals surface area contributed by atoms with E-state index in [2.05, 4.69) is 77.8 Å². The largest absolute Gasteiger partial charge is 0.356 e. The van der Waals surface area contributed by atoms with Crippen LogP contribution in [0, 0.1) is 0 Å². The van der Waals surface area contributed by atoms with Crippen LogP contribution in [0.25, 0.3) is 17.0 Å². The van der Waals surface area contributed by atoms with Gasteiger partial charge in [0, 0.05) is 90.8 Å². The number of urea groups is 2. The minimum Gasteiger partial charge on any atom is -0.356 e. The van der Waals surface area contributed by atoms with E-state index in [0.29, 0.717) is 88.0 Å². The van der Waals surface area contributed by atoms with Crippen molar-refractivity contribution in [3.05, 3.63) is 71.4 Å². The van der Waals surface area contributed by atoms with E-state index in [-0.39, 0.29) is 59.6 Å². The first-order valence-electron chi connectivity index (χ1n) is 23.8. The smallest absolute Gasteiger partial charge is 0.315 e. The van der Waals surface area contributed by atoms with Crippen LogP contribution in [0.5, 0.6) is 0 Å². The van der Waals surface area contributed by atoms with Gasteiger partial charge in [0.1, 0.15) is 11.6 Å². The Bertz CT molecular complexity index is 2300. The molecule has 6 amide bonds. The van der Waals surface area contributed by atoms with Gasteiger partial charge in [-0.1, -0.05) is 48.9 Å². The number of hydrogen-bond donors (Lipinski definition) is 6. The Morgan fingerprint density at radius 2 is 1.26 bits per heavy atom. The number of para-hydroxylation sites is 2. The normalized spacial score (nSPS) is 23.2. The summed E-state index contributed by atoms with van der Waals surface area (Å²) in [5.41, 5.74) is 3.18. The van der Waals surface area contributed by atoms with Crippen LogP contribution < -0.4 is 41.4 Å². The van der Waals surface area contributed by atoms with Crippen LogP contribution in [0.1, 0.15) is 95.5 Å². The molecular weight excluding hydrogens is 893 g/mol. The van der Waals surface area contributed by atoms with Crippen molar-refractivity contribution < 1.29 is 33.3 Å². The fourth-order valence-electron chi connectivity index (χ4n) is 9.64. The third kappa shape index (κ3) is 12.6. The number of fused-ring (bicyclic) bond motifs is 4. The first kappa shape index (κ1) is 47.7. The fourth-order valence-corrected chi connectivity index (χ4v) is 13.9. The summed E-state index contributed by atoms with van der Waals surface area (Å²) in [6.07, 6.45) is 13.5. The van der Waals surface area contributed by atoms with Gasteiger partial charge >= 0.3 is 12.1 Å². The summed E-state index contributed by atoms with van der Waals surface area (Å²) in [7, 11) is 0. The Morgan fingerprint density at radius 1 is 0.667 bits per heavy atom. The molecule has 4 fully saturated rings. The molecule has 5 aliphatic heterocycles. The van der Waals surface area contributed by atoms with Crippen molar-refractivity contribution in [2.45, 2.75) is 136 Å². The minimum absolute atomic E-state index is 0.0221. The number of aromatic nitrogens is 1. The number of anilines is 1. The lowest BCUT2D eigenvalue weighted by Crippen LogP contribution is -2.36. The van der Waals surface area contributed by atoms with Crippen molar-refractivity contribution in [3.63, 3.8) is 0 Å². The predicted molar refractivity (Wildman–Crippen MR) is 263 cm³/mol. The summed E-state index contributed by atoms with van der Waals surface area (Å²) in [6, 6.07) is 19.3. The van der Waals surface area contributed by atoms with Crippen LogP contribution in [0.3, 0.4) is 0 Å². The van der Waals surface area contributed by atoms with Crippen LogP contribution in [0.4, 0.5) is 15.3 Å². The van der Waals surface area contributed by atoms with Gasteiger partial charge in [-0.25, -0.2) is 9.59 Å². The first-order chi connectivity index (χ1) is 32.2. The number of unbranched alkanes of at least 4 members (excludes halogenated alkanes) is 2. The molecule has 1 aromatic heterocycles. The highest BCUT2D eigenvalue weighted by atomic mass is 32.2. The molecule has 0 bridgehead atoms. The number of carbonyl (C=O) groups excluding carboxylic acids is 6. The number of ketones is 2. The molecule has 0 spiro atoms. The maximum Gasteiger partial charge on any atom is 0.315 e. The number of nitrogens with zero attached hydrogens (tertiary/aromatic N) is 2. The second kappa shape index (κ2) is 23.3. The molecule has 8 rings (SSSR count). The Labute approximate surface area is 400 Å². The maximum atomic E-state index is 13.1. The molecule has 6 N–H and O–H groups in total. The van der Waals surface area contributed by atoms with Gasteiger partial charge in [0.2, 0.25) is 17.3 Å². The number of carbonyl (C=O) groups is 6. The number of rotatable bonds is 25. The number of Topliss-reactive ketones (excluding diaryl/α,β-unsaturated/α-hetero) is 2. The minimum atomic E-state index is -0.0737. The Balaban J connectivity index is 0.741. The summed E-state index contributed by atoms with van der Waals surface area (Å²) in [5.74, 6) is 2.26. The van der Waals surface area contributed by atoms with Crippen molar-refractivity contribution in [2.24, 2.45) is 0 Å². The Kier molecular flexibility index (Phi) is 16.9. The summed E-state index contributed by atoms with van der Waals surface area (Å²) in [5, 5.41) is 20.9. The number of benzene rings is 2. The van der Waals surface area contributed by atoms with Gasteiger partial charge in [0.15, 0.2) is 12.7 Å². The Morgan fingerprint density at radius 3 is 1.91 bits per heavy atom. The molecule has 0 radical (unpaired) electrons. The highest BCUT2D eigenvalue weighted by molar-refractivity contribution is 8.04. The molecule has 0 saturated carbocycles. The van der Waals surface area contributed by atoms with Gasteiger partial charge in [-0.3, -0.25) is 19.2 Å². The lowest BCUT2D eigenvalue weighted by molar-refractivity contribution is -0.670. The molecule has 4 saturated heterocycles. The van der Waals surface area contributed by atoms with E-state index in [1.54, 1.807) is 11.8 Å². The second-order valence-corrected chi connectivity index (χ2v) is 21.5. The number of nitrogens with one attached hydrogen (secondary N) is 6. The molecule has 17 heteroatoms. The van der Waals surface area contributed by atoms with Crippen molar-refractivity contribution in [3.8, 4) is 0 Å². The molecule has 5 aliphatic rings. The third-order valence-corrected chi connectivity index (χ3v) is 17.3. The quantitative estimate of drug-likeness (QED) is 0.0325. The molecule has 2 aromatic carbocycles. The van der Waals surface area contributed by atoms with Crippen molar-refractivity contribution >= 4 is 93.4 Å². The van der Waals surface area contributed by atoms with Crippen molar-refractivity contribution in [1.29, 1.82) is 0 Å². The van der Waals surface area contributed by atoms with E-state index in [9.17, 15) is 28.8 Å². The van der Waals surface area contributed by atoms with Crippen LogP contribution in [-0.2, 0) is 25.7 Å². The van der Waals surface area contributed by atoms with Crippen LogP contribution in [0.2, 0.25) is 0 Å². The molecule has 6 atom stereocenters. The average Bonchev–Trinajstić information content (AvgIpc) is 4.14. The number of thioether (sulfide) groups is 3. The molecule has 66 heavy (non-hydrogen) atoms. The van der Waals surface area contributed by atoms with Crippen LogP contribution >= 0.6 is 35.3 Å². The average molecular weight is 956 g/mol. The third-order valence-electron chi connectivity index (χ3n) is 13.2. The zero-order valence-corrected chi connectivity index (χ0v) is 40.0. The monoisotopic (exact) mass is 955 g/mol. The maximum absolute atomic E-state index is 13.1. The summed E-state index contributed by atoms with van der Waals surface area (Å²) in [4.78, 5) is 77.7. The Hall–Kier alpha value is -4.74. The van der Waals surface area contributed by atoms with Gasteiger partial charge in [-0.2, -0.15) is 28.1 Å². The van der Waals surface area contributed by atoms with Crippen LogP contribution in [-0.4, -0.2) is 101 Å². The SMILES string of the molecule is O=C(CCCNC(=O)CCCCC1SCC2NC(=O)NC21)CCN1C(=Cc2cc[n+](CCC(=O)CCCNC(=O)CCCCC3SCC4NC(=O)NC43)c3ccccc23)Sc2ccccc21. The van der Waals surface area contributed by atoms with Crippen molar-refractivity contribution in [2.75, 3.05) is 36.0 Å². The van der Waals surface area contributed by atoms with Gasteiger partial charge in [-0.05, 0) is 68.4 Å². The van der Waals surface area contributed by atoms with Gasteiger partial charge < -0.3 is 36.8 Å². The zero-order chi connectivity index (χ0) is 45.8. The molecule has 6 unspecified atom stereocenters. The van der Waals surface area contributed by atoms with Gasteiger partial charge in [-0.15, -0.1) is 0 Å². The first-order valence-corrected chi connectivity index (χ1v) is 26.7. The molecule has 3 aromatic rings. The molecule has 14 nitrogen and oxygen atoms in total. The van der Waals surface area contributed by atoms with E-state index >= 15 is 0 Å². The van der Waals surface area contributed by atoms with Crippen LogP contribution in [0.15, 0.2) is 70.7 Å². The lowest BCUT2D eigenvalue weighted by Gasteiger charge is -2.20. The lowest BCUT2D eigenvalue weighted by atomic mass is 10.0. The van der Waals surface area contributed by atoms with E-state index < -0.39 is 0 Å². The summed E-state index contributed by atoms with van der Waals surface area (Å²) < 4.78 is 2.13. The van der Waals surface area contributed by atoms with Crippen molar-refractivity contribution in [1.82, 2.24) is 31.9 Å². The number of hydrogen-bond acceptors (Lipinski definition) is 10.